The monoisotopic (exact) mass is 289 g/mol. The quantitative estimate of drug-likeness (QED) is 0.345. The van der Waals surface area contributed by atoms with E-state index in [1.807, 2.05) is 0 Å². The fourth-order valence-electron chi connectivity index (χ4n) is 1.39. The number of hydrogen-bond acceptors (Lipinski definition) is 3. The van der Waals surface area contributed by atoms with Gasteiger partial charge in [-0.1, -0.05) is 11.2 Å². The Labute approximate surface area is 113 Å². The minimum Gasteiger partial charge on any atom is -0.409 e. The van der Waals surface area contributed by atoms with Crippen molar-refractivity contribution in [1.29, 1.82) is 0 Å². The second kappa shape index (κ2) is 5.81. The Morgan fingerprint density at radius 1 is 1.45 bits per heavy atom. The number of hydrogen-bond donors (Lipinski definition) is 3. The number of alkyl halides is 3. The minimum absolute atomic E-state index is 0.0300. The molecule has 0 heterocycles. The molecule has 1 aromatic rings. The van der Waals surface area contributed by atoms with Crippen LogP contribution in [0.3, 0.4) is 0 Å². The van der Waals surface area contributed by atoms with Crippen LogP contribution in [0.15, 0.2) is 23.4 Å². The number of halogens is 3. The van der Waals surface area contributed by atoms with Gasteiger partial charge >= 0.3 is 6.18 Å². The van der Waals surface area contributed by atoms with Crippen molar-refractivity contribution in [2.75, 3.05) is 5.32 Å². The van der Waals surface area contributed by atoms with E-state index in [0.29, 0.717) is 5.56 Å². The third kappa shape index (κ3) is 3.62. The highest BCUT2D eigenvalue weighted by molar-refractivity contribution is 6.07. The summed E-state index contributed by atoms with van der Waals surface area (Å²) in [7, 11) is 0. The van der Waals surface area contributed by atoms with Crippen LogP contribution in [0.2, 0.25) is 0 Å². The van der Waals surface area contributed by atoms with Crippen molar-refractivity contribution in [3.05, 3.63) is 29.3 Å². The van der Waals surface area contributed by atoms with Gasteiger partial charge in [0.05, 0.1) is 11.5 Å². The summed E-state index contributed by atoms with van der Waals surface area (Å²) in [5, 5.41) is 13.5. The maximum atomic E-state index is 12.6. The van der Waals surface area contributed by atoms with Crippen LogP contribution < -0.4 is 11.1 Å². The predicted molar refractivity (Wildman–Crippen MR) is 67.4 cm³/mol. The van der Waals surface area contributed by atoms with E-state index in [9.17, 15) is 18.0 Å². The smallest absolute Gasteiger partial charge is 0.409 e. The van der Waals surface area contributed by atoms with Crippen LogP contribution in [0.25, 0.3) is 0 Å². The molecule has 0 saturated heterocycles. The van der Waals surface area contributed by atoms with Gasteiger partial charge in [0, 0.05) is 5.69 Å². The lowest BCUT2D eigenvalue weighted by Gasteiger charge is -2.14. The molecule has 8 heteroatoms. The van der Waals surface area contributed by atoms with Crippen LogP contribution in [0.5, 0.6) is 0 Å². The zero-order chi connectivity index (χ0) is 15.5. The average Bonchev–Trinajstić information content (AvgIpc) is 2.38. The molecule has 4 N–H and O–H groups in total. The Balaban J connectivity index is 3.01. The van der Waals surface area contributed by atoms with Gasteiger partial charge in [0.15, 0.2) is 5.84 Å². The number of nitrogens with two attached hydrogens (primary N) is 1. The van der Waals surface area contributed by atoms with Crippen LogP contribution in [0.1, 0.15) is 18.1 Å². The lowest BCUT2D eigenvalue weighted by atomic mass is 10.1. The molecule has 0 aromatic heterocycles. The van der Waals surface area contributed by atoms with Gasteiger partial charge in [-0.2, -0.15) is 13.2 Å². The minimum atomic E-state index is -4.50. The fourth-order valence-corrected chi connectivity index (χ4v) is 1.39. The van der Waals surface area contributed by atoms with E-state index in [2.05, 4.69) is 10.5 Å². The standard InChI is InChI=1S/C12H14F3N3O2/c1-6-3-4-8(12(13,14)15)5-9(6)17-11(19)7(2)10(16)18-20/h3-5,7,20H,1-2H3,(H2,16,18)(H,17,19). The number of carbonyl (C=O) groups is 1. The molecule has 110 valence electrons. The molecule has 0 aliphatic heterocycles. The van der Waals surface area contributed by atoms with Gasteiger partial charge in [0.1, 0.15) is 0 Å². The fraction of sp³-hybridized carbons (Fsp3) is 0.333. The highest BCUT2D eigenvalue weighted by Gasteiger charge is 2.31. The first kappa shape index (κ1) is 15.8. The Kier molecular flexibility index (Phi) is 4.59. The first-order valence-electron chi connectivity index (χ1n) is 5.63. The van der Waals surface area contributed by atoms with Crippen molar-refractivity contribution in [3.63, 3.8) is 0 Å². The molecule has 1 rings (SSSR count). The van der Waals surface area contributed by atoms with E-state index in [-0.39, 0.29) is 11.5 Å². The molecule has 0 aliphatic carbocycles. The molecule has 1 amide bonds. The maximum Gasteiger partial charge on any atom is 0.416 e. The lowest BCUT2D eigenvalue weighted by molar-refractivity contribution is -0.137. The first-order valence-corrected chi connectivity index (χ1v) is 5.63. The zero-order valence-electron chi connectivity index (χ0n) is 10.8. The third-order valence-corrected chi connectivity index (χ3v) is 2.78. The Bertz CT molecular complexity index is 541. The number of amides is 1. The van der Waals surface area contributed by atoms with E-state index in [0.717, 1.165) is 12.1 Å². The zero-order valence-corrected chi connectivity index (χ0v) is 10.8. The molecule has 1 atom stereocenters. The molecule has 0 spiro atoms. The lowest BCUT2D eigenvalue weighted by Crippen LogP contribution is -2.32. The van der Waals surface area contributed by atoms with E-state index >= 15 is 0 Å². The average molecular weight is 289 g/mol. The number of nitrogens with one attached hydrogen (secondary N) is 1. The molecule has 0 radical (unpaired) electrons. The number of nitrogens with zero attached hydrogens (tertiary/aromatic N) is 1. The SMILES string of the molecule is Cc1ccc(C(F)(F)F)cc1NC(=O)C(C)C(N)=NO. The number of anilines is 1. The third-order valence-electron chi connectivity index (χ3n) is 2.78. The summed E-state index contributed by atoms with van der Waals surface area (Å²) in [4.78, 5) is 11.8. The van der Waals surface area contributed by atoms with E-state index in [4.69, 9.17) is 10.9 Å². The van der Waals surface area contributed by atoms with Crippen LogP contribution >= 0.6 is 0 Å². The molecule has 20 heavy (non-hydrogen) atoms. The molecule has 1 unspecified atom stereocenters. The molecule has 1 aromatic carbocycles. The summed E-state index contributed by atoms with van der Waals surface area (Å²) in [6, 6.07) is 3.02. The summed E-state index contributed by atoms with van der Waals surface area (Å²) in [6.45, 7) is 2.93. The molecular weight excluding hydrogens is 275 g/mol. The molecule has 5 nitrogen and oxygen atoms in total. The number of benzene rings is 1. The normalized spacial score (nSPS) is 13.9. The van der Waals surface area contributed by atoms with Gasteiger partial charge in [0.25, 0.3) is 0 Å². The topological polar surface area (TPSA) is 87.7 Å². The second-order valence-corrected chi connectivity index (χ2v) is 4.26. The van der Waals surface area contributed by atoms with Crippen molar-refractivity contribution in [3.8, 4) is 0 Å². The van der Waals surface area contributed by atoms with Gasteiger partial charge < -0.3 is 16.3 Å². The van der Waals surface area contributed by atoms with E-state index in [1.165, 1.54) is 13.0 Å². The van der Waals surface area contributed by atoms with Gasteiger partial charge in [-0.05, 0) is 31.5 Å². The highest BCUT2D eigenvalue weighted by Crippen LogP contribution is 2.32. The maximum absolute atomic E-state index is 12.6. The largest absolute Gasteiger partial charge is 0.416 e. The van der Waals surface area contributed by atoms with Crippen molar-refractivity contribution in [2.24, 2.45) is 16.8 Å². The van der Waals surface area contributed by atoms with Gasteiger partial charge in [-0.15, -0.1) is 0 Å². The molecular formula is C12H14F3N3O2. The number of carbonyl (C=O) groups excluding carboxylic acids is 1. The summed E-state index contributed by atoms with van der Waals surface area (Å²) in [5.41, 5.74) is 4.90. The van der Waals surface area contributed by atoms with Crippen molar-refractivity contribution in [2.45, 2.75) is 20.0 Å². The van der Waals surface area contributed by atoms with Gasteiger partial charge in [0.2, 0.25) is 5.91 Å². The molecule has 0 bridgehead atoms. The molecule has 0 aliphatic rings. The number of amidine groups is 1. The summed E-state index contributed by atoms with van der Waals surface area (Å²) < 4.78 is 37.8. The Morgan fingerprint density at radius 3 is 2.55 bits per heavy atom. The van der Waals surface area contributed by atoms with Gasteiger partial charge in [-0.25, -0.2) is 0 Å². The molecule has 0 fully saturated rings. The van der Waals surface area contributed by atoms with Crippen LogP contribution in [-0.4, -0.2) is 17.0 Å². The van der Waals surface area contributed by atoms with E-state index in [1.54, 1.807) is 6.92 Å². The van der Waals surface area contributed by atoms with Crippen molar-refractivity contribution < 1.29 is 23.2 Å². The number of oxime groups is 1. The summed E-state index contributed by atoms with van der Waals surface area (Å²) >= 11 is 0. The first-order chi connectivity index (χ1) is 9.16. The number of aryl methyl sites for hydroxylation is 1. The van der Waals surface area contributed by atoms with Gasteiger partial charge in [-0.3, -0.25) is 4.79 Å². The summed E-state index contributed by atoms with van der Waals surface area (Å²) in [5.74, 6) is -1.95. The van der Waals surface area contributed by atoms with Crippen LogP contribution in [-0.2, 0) is 11.0 Å². The molecule has 0 saturated carbocycles. The predicted octanol–water partition coefficient (Wildman–Crippen LogP) is 2.33. The Hall–Kier alpha value is -2.25. The highest BCUT2D eigenvalue weighted by atomic mass is 19.4. The summed E-state index contributed by atoms with van der Waals surface area (Å²) in [6.07, 6.45) is -4.50. The van der Waals surface area contributed by atoms with Crippen molar-refractivity contribution in [1.82, 2.24) is 0 Å². The second-order valence-electron chi connectivity index (χ2n) is 4.26. The van der Waals surface area contributed by atoms with E-state index < -0.39 is 23.6 Å². The van der Waals surface area contributed by atoms with Crippen LogP contribution in [0, 0.1) is 12.8 Å². The Morgan fingerprint density at radius 2 is 2.05 bits per heavy atom. The number of rotatable bonds is 3. The van der Waals surface area contributed by atoms with Crippen LogP contribution in [0.4, 0.5) is 18.9 Å². The van der Waals surface area contributed by atoms with Crippen molar-refractivity contribution >= 4 is 17.4 Å².